The highest BCUT2D eigenvalue weighted by molar-refractivity contribution is 9.10. The van der Waals surface area contributed by atoms with Crippen molar-refractivity contribution in [1.82, 2.24) is 4.90 Å². The number of rotatable bonds is 0. The number of nitrogens with zero attached hydrogens (tertiary/aromatic N) is 2. The molecule has 0 aliphatic carbocycles. The predicted octanol–water partition coefficient (Wildman–Crippen LogP) is 2.61. The summed E-state index contributed by atoms with van der Waals surface area (Å²) >= 11 is 3.44. The molecule has 0 N–H and O–H groups in total. The Kier molecular flexibility index (Phi) is 1.84. The Morgan fingerprint density at radius 3 is 2.88 bits per heavy atom. The number of β-lactam (4-membered cyclic amide) rings is 1. The van der Waals surface area contributed by atoms with Crippen molar-refractivity contribution in [3.8, 4) is 0 Å². The third-order valence-corrected chi connectivity index (χ3v) is 4.14. The van der Waals surface area contributed by atoms with E-state index in [0.29, 0.717) is 6.42 Å². The molecule has 1 amide bonds. The van der Waals surface area contributed by atoms with Crippen molar-refractivity contribution in [3.63, 3.8) is 0 Å². The summed E-state index contributed by atoms with van der Waals surface area (Å²) in [7, 11) is 1.85. The normalized spacial score (nSPS) is 26.8. The second kappa shape index (κ2) is 2.94. The molecule has 82 valence electrons. The molecular weight excluding hydrogens is 268 g/mol. The highest BCUT2D eigenvalue weighted by atomic mass is 79.9. The minimum Gasteiger partial charge on any atom is -0.330 e. The van der Waals surface area contributed by atoms with Gasteiger partial charge in [0.2, 0.25) is 5.91 Å². The molecule has 3 rings (SSSR count). The lowest BCUT2D eigenvalue weighted by atomic mass is 9.76. The van der Waals surface area contributed by atoms with Crippen LogP contribution in [0.5, 0.6) is 0 Å². The second-order valence-electron chi connectivity index (χ2n) is 4.35. The summed E-state index contributed by atoms with van der Waals surface area (Å²) in [4.78, 5) is 17.8. The number of halogens is 1. The minimum atomic E-state index is -0.257. The van der Waals surface area contributed by atoms with E-state index in [1.807, 2.05) is 26.1 Å². The number of hydrogen-bond donors (Lipinski definition) is 0. The molecule has 1 saturated heterocycles. The zero-order valence-corrected chi connectivity index (χ0v) is 10.7. The SMILES string of the molecule is CC1=Nc2cc(Br)ccc2C12CC(=O)N2C. The van der Waals surface area contributed by atoms with Gasteiger partial charge in [0.25, 0.3) is 0 Å². The number of likely N-dealkylation sites (tertiary alicyclic amines) is 1. The van der Waals surface area contributed by atoms with Crippen LogP contribution in [0, 0.1) is 0 Å². The monoisotopic (exact) mass is 278 g/mol. The summed E-state index contributed by atoms with van der Waals surface area (Å²) in [5, 5.41) is 0. The number of amides is 1. The van der Waals surface area contributed by atoms with Gasteiger partial charge in [0, 0.05) is 22.8 Å². The first-order valence-electron chi connectivity index (χ1n) is 5.18. The van der Waals surface area contributed by atoms with Crippen molar-refractivity contribution in [2.75, 3.05) is 7.05 Å². The summed E-state index contributed by atoms with van der Waals surface area (Å²) in [6, 6.07) is 6.07. The van der Waals surface area contributed by atoms with E-state index in [2.05, 4.69) is 27.0 Å². The number of fused-ring (bicyclic) bond motifs is 2. The van der Waals surface area contributed by atoms with Gasteiger partial charge < -0.3 is 4.90 Å². The quantitative estimate of drug-likeness (QED) is 0.672. The van der Waals surface area contributed by atoms with Gasteiger partial charge in [-0.3, -0.25) is 9.79 Å². The van der Waals surface area contributed by atoms with E-state index < -0.39 is 0 Å². The number of aliphatic imine (C=N–C) groups is 1. The Morgan fingerprint density at radius 1 is 1.50 bits per heavy atom. The molecular formula is C12H11BrN2O. The molecule has 1 atom stereocenters. The summed E-state index contributed by atoms with van der Waals surface area (Å²) in [5.41, 5.74) is 2.89. The van der Waals surface area contributed by atoms with E-state index >= 15 is 0 Å². The van der Waals surface area contributed by atoms with Gasteiger partial charge in [0.15, 0.2) is 0 Å². The highest BCUT2D eigenvalue weighted by Gasteiger charge is 2.55. The lowest BCUT2D eigenvalue weighted by Crippen LogP contribution is -2.61. The molecule has 3 nitrogen and oxygen atoms in total. The fraction of sp³-hybridized carbons (Fsp3) is 0.333. The molecule has 1 unspecified atom stereocenters. The van der Waals surface area contributed by atoms with E-state index in [1.165, 1.54) is 0 Å². The molecule has 16 heavy (non-hydrogen) atoms. The number of carbonyl (C=O) groups excluding carboxylic acids is 1. The Balaban J connectivity index is 2.19. The highest BCUT2D eigenvalue weighted by Crippen LogP contribution is 2.50. The van der Waals surface area contributed by atoms with Crippen molar-refractivity contribution in [2.24, 2.45) is 4.99 Å². The van der Waals surface area contributed by atoms with Gasteiger partial charge in [-0.15, -0.1) is 0 Å². The third-order valence-electron chi connectivity index (χ3n) is 3.65. The first-order chi connectivity index (χ1) is 7.55. The van der Waals surface area contributed by atoms with Crippen LogP contribution >= 0.6 is 15.9 Å². The van der Waals surface area contributed by atoms with E-state index in [4.69, 9.17) is 0 Å². The molecule has 2 aliphatic rings. The number of hydrogen-bond acceptors (Lipinski definition) is 2. The van der Waals surface area contributed by atoms with Crippen molar-refractivity contribution in [2.45, 2.75) is 18.9 Å². The molecule has 2 heterocycles. The molecule has 0 bridgehead atoms. The van der Waals surface area contributed by atoms with Crippen LogP contribution in [0.15, 0.2) is 27.7 Å². The van der Waals surface area contributed by atoms with Crippen molar-refractivity contribution in [3.05, 3.63) is 28.2 Å². The van der Waals surface area contributed by atoms with Crippen LogP contribution in [0.4, 0.5) is 5.69 Å². The summed E-state index contributed by atoms with van der Waals surface area (Å²) < 4.78 is 1.02. The summed E-state index contributed by atoms with van der Waals surface area (Å²) in [5.74, 6) is 0.185. The van der Waals surface area contributed by atoms with Crippen molar-refractivity contribution in [1.29, 1.82) is 0 Å². The van der Waals surface area contributed by atoms with Crippen LogP contribution in [0.3, 0.4) is 0 Å². The molecule has 0 radical (unpaired) electrons. The zero-order valence-electron chi connectivity index (χ0n) is 9.12. The Bertz CT molecular complexity index is 538. The molecule has 4 heteroatoms. The van der Waals surface area contributed by atoms with Gasteiger partial charge in [0.05, 0.1) is 12.1 Å². The Labute approximate surface area is 102 Å². The topological polar surface area (TPSA) is 32.7 Å². The van der Waals surface area contributed by atoms with E-state index in [9.17, 15) is 4.79 Å². The van der Waals surface area contributed by atoms with Crippen LogP contribution in [0.1, 0.15) is 18.9 Å². The van der Waals surface area contributed by atoms with Crippen LogP contribution in [-0.4, -0.2) is 23.6 Å². The largest absolute Gasteiger partial charge is 0.330 e. The second-order valence-corrected chi connectivity index (χ2v) is 5.26. The maximum Gasteiger partial charge on any atom is 0.226 e. The van der Waals surface area contributed by atoms with Gasteiger partial charge in [-0.05, 0) is 19.1 Å². The number of benzene rings is 1. The lowest BCUT2D eigenvalue weighted by Gasteiger charge is -2.48. The van der Waals surface area contributed by atoms with Crippen LogP contribution < -0.4 is 0 Å². The molecule has 1 aromatic carbocycles. The third kappa shape index (κ3) is 0.981. The first kappa shape index (κ1) is 10.0. The Morgan fingerprint density at radius 2 is 2.25 bits per heavy atom. The van der Waals surface area contributed by atoms with Gasteiger partial charge in [-0.2, -0.15) is 0 Å². The van der Waals surface area contributed by atoms with Crippen LogP contribution in [0.2, 0.25) is 0 Å². The standard InChI is InChI=1S/C12H11BrN2O/c1-7-12(6-11(16)15(12)2)9-4-3-8(13)5-10(9)14-7/h3-5H,6H2,1-2H3. The van der Waals surface area contributed by atoms with E-state index in [0.717, 1.165) is 21.4 Å². The van der Waals surface area contributed by atoms with Gasteiger partial charge >= 0.3 is 0 Å². The molecule has 2 aliphatic heterocycles. The van der Waals surface area contributed by atoms with Gasteiger partial charge in [-0.1, -0.05) is 22.0 Å². The van der Waals surface area contributed by atoms with Gasteiger partial charge in [0.1, 0.15) is 5.54 Å². The zero-order chi connectivity index (χ0) is 11.5. The maximum atomic E-state index is 11.5. The van der Waals surface area contributed by atoms with E-state index in [-0.39, 0.29) is 11.4 Å². The molecule has 0 saturated carbocycles. The first-order valence-corrected chi connectivity index (χ1v) is 5.97. The summed E-state index contributed by atoms with van der Waals surface area (Å²) in [6.45, 7) is 2.00. The molecule has 1 spiro atoms. The molecule has 1 fully saturated rings. The van der Waals surface area contributed by atoms with Crippen molar-refractivity contribution >= 4 is 33.2 Å². The van der Waals surface area contributed by atoms with Crippen LogP contribution in [-0.2, 0) is 10.3 Å². The van der Waals surface area contributed by atoms with Crippen LogP contribution in [0.25, 0.3) is 0 Å². The average molecular weight is 279 g/mol. The maximum absolute atomic E-state index is 11.5. The molecule has 1 aromatic rings. The minimum absolute atomic E-state index is 0.185. The van der Waals surface area contributed by atoms with E-state index in [1.54, 1.807) is 4.90 Å². The summed E-state index contributed by atoms with van der Waals surface area (Å²) in [6.07, 6.45) is 0.549. The lowest BCUT2D eigenvalue weighted by molar-refractivity contribution is -0.148. The van der Waals surface area contributed by atoms with Crippen molar-refractivity contribution < 1.29 is 4.79 Å². The fourth-order valence-corrected chi connectivity index (χ4v) is 2.99. The van der Waals surface area contributed by atoms with Gasteiger partial charge in [-0.25, -0.2) is 0 Å². The molecule has 0 aromatic heterocycles. The Hall–Kier alpha value is -1.16. The average Bonchev–Trinajstić information content (AvgIpc) is 2.53. The predicted molar refractivity (Wildman–Crippen MR) is 66.0 cm³/mol. The smallest absolute Gasteiger partial charge is 0.226 e. The fourth-order valence-electron chi connectivity index (χ4n) is 2.64. The number of carbonyl (C=O) groups is 1.